The van der Waals surface area contributed by atoms with Gasteiger partial charge in [-0.25, -0.2) is 4.79 Å². The summed E-state index contributed by atoms with van der Waals surface area (Å²) in [5.41, 5.74) is 0.388. The zero-order chi connectivity index (χ0) is 22.4. The van der Waals surface area contributed by atoms with Crippen molar-refractivity contribution in [2.24, 2.45) is 0 Å². The highest BCUT2D eigenvalue weighted by Crippen LogP contribution is 2.20. The van der Waals surface area contributed by atoms with Crippen LogP contribution in [0.4, 0.5) is 4.79 Å². The summed E-state index contributed by atoms with van der Waals surface area (Å²) in [5.74, 6) is -0.285. The van der Waals surface area contributed by atoms with Crippen molar-refractivity contribution < 1.29 is 19.1 Å². The Morgan fingerprint density at radius 1 is 1.13 bits per heavy atom. The predicted octanol–water partition coefficient (Wildman–Crippen LogP) is 2.94. The van der Waals surface area contributed by atoms with Crippen LogP contribution in [0.15, 0.2) is 48.8 Å². The number of hydrogen-bond acceptors (Lipinski definition) is 6. The Morgan fingerprint density at radius 2 is 1.87 bits per heavy atom. The van der Waals surface area contributed by atoms with E-state index >= 15 is 0 Å². The number of carbonyl (C=O) groups is 2. The average molecular weight is 429 g/mol. The van der Waals surface area contributed by atoms with E-state index in [1.54, 1.807) is 11.1 Å². The number of aromatic nitrogens is 2. The third kappa shape index (κ3) is 6.82. The standard InChI is InChI=1S/C23H32N4O4/c1-18-13-25(16-21(28)30-17-19-9-6-5-7-10-19)20(14-26-12-8-11-24-26)15-27(18)22(29)31-23(2,3)4/h5-12,18,20H,13-17H2,1-4H3. The zero-order valence-corrected chi connectivity index (χ0v) is 18.7. The molecule has 0 N–H and O–H groups in total. The molecule has 2 heterocycles. The van der Waals surface area contributed by atoms with E-state index < -0.39 is 5.60 Å². The summed E-state index contributed by atoms with van der Waals surface area (Å²) in [6.45, 7) is 9.50. The summed E-state index contributed by atoms with van der Waals surface area (Å²) in [6.07, 6.45) is 3.26. The lowest BCUT2D eigenvalue weighted by atomic mass is 10.1. The van der Waals surface area contributed by atoms with Gasteiger partial charge in [0.15, 0.2) is 0 Å². The van der Waals surface area contributed by atoms with Gasteiger partial charge < -0.3 is 14.4 Å². The van der Waals surface area contributed by atoms with Crippen LogP contribution in [0, 0.1) is 0 Å². The molecule has 1 fully saturated rings. The number of hydrogen-bond donors (Lipinski definition) is 0. The first-order chi connectivity index (χ1) is 14.7. The predicted molar refractivity (Wildman–Crippen MR) is 116 cm³/mol. The number of ether oxygens (including phenoxy) is 2. The van der Waals surface area contributed by atoms with Gasteiger partial charge in [0.2, 0.25) is 0 Å². The van der Waals surface area contributed by atoms with E-state index in [1.807, 2.05) is 75.0 Å². The van der Waals surface area contributed by atoms with Crippen LogP contribution >= 0.6 is 0 Å². The molecule has 0 bridgehead atoms. The van der Waals surface area contributed by atoms with Crippen molar-refractivity contribution in [3.05, 3.63) is 54.4 Å². The van der Waals surface area contributed by atoms with E-state index in [1.165, 1.54) is 0 Å². The topological polar surface area (TPSA) is 76.9 Å². The lowest BCUT2D eigenvalue weighted by Gasteiger charge is -2.44. The summed E-state index contributed by atoms with van der Waals surface area (Å²) >= 11 is 0. The molecular formula is C23H32N4O4. The molecule has 1 aromatic carbocycles. The number of carbonyl (C=O) groups excluding carboxylic acids is 2. The van der Waals surface area contributed by atoms with Gasteiger partial charge in [-0.2, -0.15) is 5.10 Å². The maximum absolute atomic E-state index is 12.7. The molecule has 8 heteroatoms. The van der Waals surface area contributed by atoms with Crippen molar-refractivity contribution >= 4 is 12.1 Å². The van der Waals surface area contributed by atoms with Gasteiger partial charge in [-0.1, -0.05) is 30.3 Å². The molecule has 0 radical (unpaired) electrons. The van der Waals surface area contributed by atoms with Gasteiger partial charge in [0.25, 0.3) is 0 Å². The first-order valence-corrected chi connectivity index (χ1v) is 10.6. The molecule has 1 aliphatic heterocycles. The Hall–Kier alpha value is -2.87. The van der Waals surface area contributed by atoms with Gasteiger partial charge >= 0.3 is 12.1 Å². The molecule has 1 aliphatic rings. The summed E-state index contributed by atoms with van der Waals surface area (Å²) in [5, 5.41) is 4.29. The largest absolute Gasteiger partial charge is 0.460 e. The summed E-state index contributed by atoms with van der Waals surface area (Å²) < 4.78 is 12.9. The average Bonchev–Trinajstić information content (AvgIpc) is 3.21. The molecule has 0 saturated carbocycles. The van der Waals surface area contributed by atoms with E-state index in [9.17, 15) is 9.59 Å². The number of nitrogens with zero attached hydrogens (tertiary/aromatic N) is 4. The van der Waals surface area contributed by atoms with E-state index in [0.29, 0.717) is 19.6 Å². The van der Waals surface area contributed by atoms with Crippen molar-refractivity contribution in [3.8, 4) is 0 Å². The normalized spacial score (nSPS) is 19.8. The lowest BCUT2D eigenvalue weighted by Crippen LogP contribution is -2.61. The second kappa shape index (κ2) is 9.96. The highest BCUT2D eigenvalue weighted by atomic mass is 16.6. The summed E-state index contributed by atoms with van der Waals surface area (Å²) in [6, 6.07) is 11.3. The fourth-order valence-electron chi connectivity index (χ4n) is 3.63. The van der Waals surface area contributed by atoms with Crippen LogP contribution in [0.3, 0.4) is 0 Å². The number of esters is 1. The van der Waals surface area contributed by atoms with Crippen LogP contribution in [0.5, 0.6) is 0 Å². The molecule has 0 spiro atoms. The van der Waals surface area contributed by atoms with Crippen molar-refractivity contribution in [1.29, 1.82) is 0 Å². The molecule has 0 aliphatic carbocycles. The van der Waals surface area contributed by atoms with Gasteiger partial charge in [0.1, 0.15) is 12.2 Å². The Bertz CT molecular complexity index is 848. The van der Waals surface area contributed by atoms with Crippen LogP contribution < -0.4 is 0 Å². The van der Waals surface area contributed by atoms with Crippen molar-refractivity contribution in [2.75, 3.05) is 19.6 Å². The van der Waals surface area contributed by atoms with E-state index in [0.717, 1.165) is 5.56 Å². The van der Waals surface area contributed by atoms with Gasteiger partial charge in [-0.05, 0) is 39.3 Å². The summed E-state index contributed by atoms with van der Waals surface area (Å²) in [7, 11) is 0. The smallest absolute Gasteiger partial charge is 0.410 e. The summed E-state index contributed by atoms with van der Waals surface area (Å²) in [4.78, 5) is 29.1. The van der Waals surface area contributed by atoms with Crippen LogP contribution in [0.25, 0.3) is 0 Å². The van der Waals surface area contributed by atoms with Gasteiger partial charge in [-0.15, -0.1) is 0 Å². The molecule has 3 rings (SSSR count). The molecular weight excluding hydrogens is 396 g/mol. The number of piperazine rings is 1. The maximum atomic E-state index is 12.7. The maximum Gasteiger partial charge on any atom is 0.410 e. The Balaban J connectivity index is 1.66. The second-order valence-electron chi connectivity index (χ2n) is 8.94. The molecule has 1 aromatic heterocycles. The molecule has 2 atom stereocenters. The second-order valence-corrected chi connectivity index (χ2v) is 8.94. The fourth-order valence-corrected chi connectivity index (χ4v) is 3.63. The molecule has 1 saturated heterocycles. The van der Waals surface area contributed by atoms with Crippen LogP contribution in [0.1, 0.15) is 33.3 Å². The van der Waals surface area contributed by atoms with E-state index in [4.69, 9.17) is 9.47 Å². The van der Waals surface area contributed by atoms with Crippen LogP contribution in [-0.4, -0.2) is 69.0 Å². The van der Waals surface area contributed by atoms with Crippen molar-refractivity contribution in [1.82, 2.24) is 19.6 Å². The van der Waals surface area contributed by atoms with E-state index in [2.05, 4.69) is 10.00 Å². The molecule has 2 unspecified atom stereocenters. The highest BCUT2D eigenvalue weighted by molar-refractivity contribution is 5.72. The SMILES string of the molecule is CC1CN(CC(=O)OCc2ccccc2)C(Cn2cccn2)CN1C(=O)OC(C)(C)C. The third-order valence-corrected chi connectivity index (χ3v) is 5.11. The Kier molecular flexibility index (Phi) is 7.33. The Labute approximate surface area is 183 Å². The number of amides is 1. The molecule has 8 nitrogen and oxygen atoms in total. The number of rotatable bonds is 6. The third-order valence-electron chi connectivity index (χ3n) is 5.11. The lowest BCUT2D eigenvalue weighted by molar-refractivity contribution is -0.148. The van der Waals surface area contributed by atoms with Gasteiger partial charge in [-0.3, -0.25) is 14.4 Å². The monoisotopic (exact) mass is 428 g/mol. The minimum Gasteiger partial charge on any atom is -0.460 e. The first kappa shape index (κ1) is 22.8. The first-order valence-electron chi connectivity index (χ1n) is 10.6. The minimum atomic E-state index is -0.563. The quantitative estimate of drug-likeness (QED) is 0.659. The zero-order valence-electron chi connectivity index (χ0n) is 18.7. The minimum absolute atomic E-state index is 0.0899. The molecule has 168 valence electrons. The van der Waals surface area contributed by atoms with Crippen molar-refractivity contribution in [3.63, 3.8) is 0 Å². The number of benzene rings is 1. The van der Waals surface area contributed by atoms with Crippen molar-refractivity contribution in [2.45, 2.75) is 58.5 Å². The highest BCUT2D eigenvalue weighted by Gasteiger charge is 2.37. The van der Waals surface area contributed by atoms with Crippen LogP contribution in [-0.2, 0) is 27.4 Å². The van der Waals surface area contributed by atoms with Crippen LogP contribution in [0.2, 0.25) is 0 Å². The molecule has 1 amide bonds. The van der Waals surface area contributed by atoms with Gasteiger partial charge in [0.05, 0.1) is 13.1 Å². The molecule has 2 aromatic rings. The Morgan fingerprint density at radius 3 is 2.52 bits per heavy atom. The fraction of sp³-hybridized carbons (Fsp3) is 0.522. The van der Waals surface area contributed by atoms with E-state index in [-0.39, 0.29) is 37.3 Å². The van der Waals surface area contributed by atoms with Gasteiger partial charge in [0, 0.05) is 37.6 Å². The molecule has 31 heavy (non-hydrogen) atoms.